The zero-order valence-corrected chi connectivity index (χ0v) is 19.6. The molecule has 186 valence electrons. The molecule has 2 saturated heterocycles. The van der Waals surface area contributed by atoms with Gasteiger partial charge >= 0.3 is 6.18 Å². The van der Waals surface area contributed by atoms with Gasteiger partial charge in [-0.2, -0.15) is 18.4 Å². The number of hydrogen-bond acceptors (Lipinski definition) is 5. The number of hydrogen-bond donors (Lipinski definition) is 1. The molecule has 2 aromatic rings. The largest absolute Gasteiger partial charge is 0.416 e. The number of likely N-dealkylation sites (tertiary alicyclic amines) is 1. The molecule has 0 atom stereocenters. The van der Waals surface area contributed by atoms with Crippen molar-refractivity contribution in [2.24, 2.45) is 0 Å². The highest BCUT2D eigenvalue weighted by molar-refractivity contribution is 5.76. The number of anilines is 2. The maximum Gasteiger partial charge on any atom is 0.416 e. The molecule has 0 radical (unpaired) electrons. The zero-order valence-electron chi connectivity index (χ0n) is 19.6. The molecule has 35 heavy (non-hydrogen) atoms. The number of nitrogens with one attached hydrogen (secondary N) is 1. The smallest absolute Gasteiger partial charge is 0.382 e. The molecule has 6 nitrogen and oxygen atoms in total. The van der Waals surface area contributed by atoms with Gasteiger partial charge in [-0.15, -0.1) is 0 Å². The molecule has 1 amide bonds. The Morgan fingerprint density at radius 1 is 0.943 bits per heavy atom. The first-order valence-corrected chi connectivity index (χ1v) is 12.0. The molecule has 2 aromatic carbocycles. The van der Waals surface area contributed by atoms with Crippen LogP contribution in [0.3, 0.4) is 0 Å². The Hall–Kier alpha value is -3.25. The van der Waals surface area contributed by atoms with Crippen LogP contribution in [0.5, 0.6) is 0 Å². The molecule has 9 heteroatoms. The van der Waals surface area contributed by atoms with Crippen LogP contribution in [0.15, 0.2) is 48.5 Å². The molecule has 4 rings (SSSR count). The molecule has 2 fully saturated rings. The lowest BCUT2D eigenvalue weighted by Gasteiger charge is -2.37. The number of carbonyl (C=O) groups excluding carboxylic acids is 1. The average molecular weight is 486 g/mol. The van der Waals surface area contributed by atoms with E-state index in [0.717, 1.165) is 75.6 Å². The van der Waals surface area contributed by atoms with Crippen molar-refractivity contribution in [1.82, 2.24) is 9.80 Å². The number of alkyl halides is 3. The lowest BCUT2D eigenvalue weighted by atomic mass is 10.0. The first-order valence-electron chi connectivity index (χ1n) is 12.0. The summed E-state index contributed by atoms with van der Waals surface area (Å²) in [5.41, 5.74) is 1.79. The SMILES string of the molecule is N#Cc1ccc(NC2CCN(C(=O)CCN3CCN(c4ccc(C(F)(F)F)cc4)CC3)CC2)cc1. The summed E-state index contributed by atoms with van der Waals surface area (Å²) >= 11 is 0. The van der Waals surface area contributed by atoms with Crippen LogP contribution in [0.4, 0.5) is 24.5 Å². The molecule has 2 aliphatic rings. The van der Waals surface area contributed by atoms with Gasteiger partial charge in [-0.1, -0.05) is 0 Å². The maximum atomic E-state index is 12.8. The Kier molecular flexibility index (Phi) is 7.81. The first-order chi connectivity index (χ1) is 16.8. The zero-order chi connectivity index (χ0) is 24.8. The fourth-order valence-corrected chi connectivity index (χ4v) is 4.65. The van der Waals surface area contributed by atoms with Crippen molar-refractivity contribution in [3.8, 4) is 6.07 Å². The standard InChI is InChI=1S/C26H30F3N5O/c27-26(28,29)21-3-7-24(8-4-21)33-17-15-32(16-18-33)12-11-25(35)34-13-9-23(10-14-34)31-22-5-1-20(19-30)2-6-22/h1-8,23,31H,9-18H2. The Bertz CT molecular complexity index is 1020. The number of rotatable bonds is 6. The summed E-state index contributed by atoms with van der Waals surface area (Å²) in [6, 6.07) is 15.2. The van der Waals surface area contributed by atoms with Crippen molar-refractivity contribution in [3.05, 3.63) is 59.7 Å². The normalized spacial score (nSPS) is 17.8. The molecule has 2 heterocycles. The molecule has 0 aromatic heterocycles. The highest BCUT2D eigenvalue weighted by Gasteiger charge is 2.30. The summed E-state index contributed by atoms with van der Waals surface area (Å²) in [5.74, 6) is 0.173. The van der Waals surface area contributed by atoms with E-state index in [4.69, 9.17) is 5.26 Å². The molecule has 0 aliphatic carbocycles. The van der Waals surface area contributed by atoms with Gasteiger partial charge in [-0.25, -0.2) is 0 Å². The predicted molar refractivity (Wildman–Crippen MR) is 129 cm³/mol. The first kappa shape index (κ1) is 24.9. The number of benzene rings is 2. The lowest BCUT2D eigenvalue weighted by Crippen LogP contribution is -2.48. The minimum atomic E-state index is -4.32. The topological polar surface area (TPSA) is 62.6 Å². The molecule has 0 saturated carbocycles. The second-order valence-corrected chi connectivity index (χ2v) is 9.11. The summed E-state index contributed by atoms with van der Waals surface area (Å²) in [6.07, 6.45) is -2.07. The lowest BCUT2D eigenvalue weighted by molar-refractivity contribution is -0.137. The summed E-state index contributed by atoms with van der Waals surface area (Å²) in [5, 5.41) is 12.4. The van der Waals surface area contributed by atoms with E-state index in [-0.39, 0.29) is 5.91 Å². The third-order valence-corrected chi connectivity index (χ3v) is 6.81. The van der Waals surface area contributed by atoms with Crippen LogP contribution in [0.2, 0.25) is 0 Å². The van der Waals surface area contributed by atoms with Crippen LogP contribution in [-0.2, 0) is 11.0 Å². The maximum absolute atomic E-state index is 12.8. The Morgan fingerprint density at radius 2 is 1.57 bits per heavy atom. The molecule has 2 aliphatic heterocycles. The van der Waals surface area contributed by atoms with E-state index in [0.29, 0.717) is 24.6 Å². The number of amides is 1. The number of nitriles is 1. The van der Waals surface area contributed by atoms with Gasteiger partial charge in [-0.05, 0) is 61.4 Å². The molecular formula is C26H30F3N5O. The van der Waals surface area contributed by atoms with Gasteiger partial charge in [0.25, 0.3) is 0 Å². The van der Waals surface area contributed by atoms with Gasteiger partial charge in [0.05, 0.1) is 17.2 Å². The third-order valence-electron chi connectivity index (χ3n) is 6.81. The van der Waals surface area contributed by atoms with Gasteiger partial charge in [-0.3, -0.25) is 9.69 Å². The van der Waals surface area contributed by atoms with E-state index < -0.39 is 11.7 Å². The quantitative estimate of drug-likeness (QED) is 0.665. The fourth-order valence-electron chi connectivity index (χ4n) is 4.65. The van der Waals surface area contributed by atoms with Crippen molar-refractivity contribution in [2.45, 2.75) is 31.5 Å². The number of piperidine rings is 1. The van der Waals surface area contributed by atoms with Crippen molar-refractivity contribution in [3.63, 3.8) is 0 Å². The van der Waals surface area contributed by atoms with Gasteiger partial charge < -0.3 is 15.1 Å². The Morgan fingerprint density at radius 3 is 2.14 bits per heavy atom. The van der Waals surface area contributed by atoms with Crippen LogP contribution >= 0.6 is 0 Å². The average Bonchev–Trinajstić information content (AvgIpc) is 2.88. The van der Waals surface area contributed by atoms with E-state index in [9.17, 15) is 18.0 Å². The second-order valence-electron chi connectivity index (χ2n) is 9.11. The number of halogens is 3. The minimum absolute atomic E-state index is 0.173. The summed E-state index contributed by atoms with van der Waals surface area (Å²) in [4.78, 5) is 19.0. The van der Waals surface area contributed by atoms with Gasteiger partial charge in [0.15, 0.2) is 0 Å². The fraction of sp³-hybridized carbons (Fsp3) is 0.462. The summed E-state index contributed by atoms with van der Waals surface area (Å²) < 4.78 is 38.3. The van der Waals surface area contributed by atoms with Gasteiger partial charge in [0.2, 0.25) is 5.91 Å². The highest BCUT2D eigenvalue weighted by atomic mass is 19.4. The number of nitrogens with zero attached hydrogens (tertiary/aromatic N) is 4. The van der Waals surface area contributed by atoms with Crippen LogP contribution < -0.4 is 10.2 Å². The van der Waals surface area contributed by atoms with Crippen LogP contribution in [0.25, 0.3) is 0 Å². The van der Waals surface area contributed by atoms with E-state index >= 15 is 0 Å². The second kappa shape index (κ2) is 11.0. The van der Waals surface area contributed by atoms with Gasteiger partial charge in [0.1, 0.15) is 0 Å². The Balaban J connectivity index is 1.15. The molecule has 1 N–H and O–H groups in total. The van der Waals surface area contributed by atoms with E-state index in [1.54, 1.807) is 12.1 Å². The Labute approximate surface area is 203 Å². The van der Waals surface area contributed by atoms with E-state index in [1.165, 1.54) is 12.1 Å². The highest BCUT2D eigenvalue weighted by Crippen LogP contribution is 2.30. The number of carbonyl (C=O) groups is 1. The predicted octanol–water partition coefficient (Wildman–Crippen LogP) is 4.19. The molecule has 0 unspecified atom stereocenters. The third kappa shape index (κ3) is 6.67. The summed E-state index contributed by atoms with van der Waals surface area (Å²) in [6.45, 7) is 5.18. The van der Waals surface area contributed by atoms with E-state index in [2.05, 4.69) is 21.2 Å². The van der Waals surface area contributed by atoms with Crippen molar-refractivity contribution in [1.29, 1.82) is 5.26 Å². The molecular weight excluding hydrogens is 455 g/mol. The number of piperazine rings is 1. The minimum Gasteiger partial charge on any atom is -0.382 e. The summed E-state index contributed by atoms with van der Waals surface area (Å²) in [7, 11) is 0. The van der Waals surface area contributed by atoms with Crippen molar-refractivity contribution in [2.75, 3.05) is 56.0 Å². The van der Waals surface area contributed by atoms with Crippen molar-refractivity contribution < 1.29 is 18.0 Å². The molecule has 0 bridgehead atoms. The van der Waals surface area contributed by atoms with Gasteiger partial charge in [0, 0.05) is 69.7 Å². The monoisotopic (exact) mass is 485 g/mol. The molecule has 0 spiro atoms. The van der Waals surface area contributed by atoms with Crippen molar-refractivity contribution >= 4 is 17.3 Å². The van der Waals surface area contributed by atoms with E-state index in [1.807, 2.05) is 17.0 Å². The van der Waals surface area contributed by atoms with Crippen LogP contribution in [-0.4, -0.2) is 67.6 Å². The van der Waals surface area contributed by atoms with Crippen LogP contribution in [0, 0.1) is 11.3 Å². The van der Waals surface area contributed by atoms with Crippen LogP contribution in [0.1, 0.15) is 30.4 Å².